The summed E-state index contributed by atoms with van der Waals surface area (Å²) in [6.07, 6.45) is 1.06. The first-order valence-electron chi connectivity index (χ1n) is 6.48. The summed E-state index contributed by atoms with van der Waals surface area (Å²) in [5.41, 5.74) is 7.00. The number of nitrogens with zero attached hydrogens (tertiary/aromatic N) is 1. The van der Waals surface area contributed by atoms with Crippen molar-refractivity contribution >= 4 is 15.7 Å². The maximum atomic E-state index is 12.1. The highest BCUT2D eigenvalue weighted by Crippen LogP contribution is 2.12. The standard InChI is InChI=1S/C15H20N2O3S/c1-12(21(3,19)20)15(18)17(2)11-14-8-5-4-7-13(14)9-6-10-16/h4-5,7-8,12H,10-11,16H2,1-3H3. The van der Waals surface area contributed by atoms with Crippen LogP contribution in [0.1, 0.15) is 18.1 Å². The second-order valence-electron chi connectivity index (χ2n) is 4.83. The summed E-state index contributed by atoms with van der Waals surface area (Å²) in [6.45, 7) is 1.95. The number of benzene rings is 1. The lowest BCUT2D eigenvalue weighted by Gasteiger charge is -2.21. The highest BCUT2D eigenvalue weighted by molar-refractivity contribution is 7.92. The second-order valence-corrected chi connectivity index (χ2v) is 7.20. The third-order valence-electron chi connectivity index (χ3n) is 3.12. The highest BCUT2D eigenvalue weighted by atomic mass is 32.2. The molecule has 0 saturated carbocycles. The lowest BCUT2D eigenvalue weighted by atomic mass is 10.1. The lowest BCUT2D eigenvalue weighted by Crippen LogP contribution is -2.38. The van der Waals surface area contributed by atoms with Gasteiger partial charge in [-0.25, -0.2) is 8.42 Å². The first-order chi connectivity index (χ1) is 9.77. The van der Waals surface area contributed by atoms with Gasteiger partial charge in [0, 0.05) is 25.4 Å². The van der Waals surface area contributed by atoms with Gasteiger partial charge in [0.05, 0.1) is 6.54 Å². The van der Waals surface area contributed by atoms with E-state index in [1.165, 1.54) is 11.8 Å². The third kappa shape index (κ3) is 4.88. The smallest absolute Gasteiger partial charge is 0.240 e. The van der Waals surface area contributed by atoms with Crippen LogP contribution in [0.3, 0.4) is 0 Å². The molecule has 5 nitrogen and oxygen atoms in total. The van der Waals surface area contributed by atoms with Crippen molar-refractivity contribution in [3.8, 4) is 11.8 Å². The van der Waals surface area contributed by atoms with Gasteiger partial charge in [-0.2, -0.15) is 0 Å². The molecule has 2 N–H and O–H groups in total. The Labute approximate surface area is 126 Å². The van der Waals surface area contributed by atoms with Crippen molar-refractivity contribution in [3.05, 3.63) is 35.4 Å². The Bertz CT molecular complexity index is 672. The number of hydrogen-bond acceptors (Lipinski definition) is 4. The minimum absolute atomic E-state index is 0.258. The van der Waals surface area contributed by atoms with Crippen molar-refractivity contribution in [1.29, 1.82) is 0 Å². The molecule has 1 atom stereocenters. The molecule has 0 fully saturated rings. The van der Waals surface area contributed by atoms with Crippen LogP contribution in [0.15, 0.2) is 24.3 Å². The summed E-state index contributed by atoms with van der Waals surface area (Å²) in [6, 6.07) is 7.40. The predicted octanol–water partition coefficient (Wildman–Crippen LogP) is 0.388. The Hall–Kier alpha value is -1.84. The van der Waals surface area contributed by atoms with Crippen molar-refractivity contribution < 1.29 is 13.2 Å². The van der Waals surface area contributed by atoms with Gasteiger partial charge in [0.1, 0.15) is 5.25 Å². The van der Waals surface area contributed by atoms with Crippen LogP contribution in [0.4, 0.5) is 0 Å². The van der Waals surface area contributed by atoms with E-state index in [2.05, 4.69) is 11.8 Å². The third-order valence-corrected chi connectivity index (χ3v) is 4.60. The van der Waals surface area contributed by atoms with Gasteiger partial charge < -0.3 is 10.6 Å². The quantitative estimate of drug-likeness (QED) is 0.816. The van der Waals surface area contributed by atoms with E-state index in [4.69, 9.17) is 5.73 Å². The number of hydrogen-bond donors (Lipinski definition) is 1. The largest absolute Gasteiger partial charge is 0.340 e. The molecule has 1 aromatic carbocycles. The van der Waals surface area contributed by atoms with Crippen molar-refractivity contribution in [2.24, 2.45) is 5.73 Å². The maximum Gasteiger partial charge on any atom is 0.240 e. The van der Waals surface area contributed by atoms with Gasteiger partial charge in [-0.05, 0) is 18.6 Å². The van der Waals surface area contributed by atoms with Crippen LogP contribution < -0.4 is 5.73 Å². The molecule has 0 radical (unpaired) electrons. The monoisotopic (exact) mass is 308 g/mol. The van der Waals surface area contributed by atoms with Crippen molar-refractivity contribution in [1.82, 2.24) is 4.90 Å². The molecule has 1 unspecified atom stereocenters. The zero-order valence-electron chi connectivity index (χ0n) is 12.5. The van der Waals surface area contributed by atoms with E-state index in [0.29, 0.717) is 6.54 Å². The van der Waals surface area contributed by atoms with Crippen LogP contribution in [0.25, 0.3) is 0 Å². The topological polar surface area (TPSA) is 80.5 Å². The number of amides is 1. The Morgan fingerprint density at radius 1 is 1.38 bits per heavy atom. The SMILES string of the molecule is CC(C(=O)N(C)Cc1ccccc1C#CCN)S(C)(=O)=O. The summed E-state index contributed by atoms with van der Waals surface area (Å²) in [5.74, 6) is 5.29. The summed E-state index contributed by atoms with van der Waals surface area (Å²) in [7, 11) is -1.82. The predicted molar refractivity (Wildman–Crippen MR) is 83.2 cm³/mol. The van der Waals surface area contributed by atoms with E-state index in [0.717, 1.165) is 17.4 Å². The van der Waals surface area contributed by atoms with E-state index < -0.39 is 21.0 Å². The van der Waals surface area contributed by atoms with Gasteiger partial charge in [-0.1, -0.05) is 30.0 Å². The normalized spacial score (nSPS) is 12.2. The molecule has 114 valence electrons. The van der Waals surface area contributed by atoms with E-state index >= 15 is 0 Å². The fourth-order valence-electron chi connectivity index (χ4n) is 1.75. The molecule has 0 aliphatic rings. The van der Waals surface area contributed by atoms with E-state index in [1.54, 1.807) is 7.05 Å². The summed E-state index contributed by atoms with van der Waals surface area (Å²) in [5, 5.41) is -1.05. The molecule has 0 aliphatic carbocycles. The van der Waals surface area contributed by atoms with E-state index in [1.807, 2.05) is 24.3 Å². The van der Waals surface area contributed by atoms with E-state index in [-0.39, 0.29) is 6.54 Å². The van der Waals surface area contributed by atoms with Crippen LogP contribution in [0.5, 0.6) is 0 Å². The van der Waals surface area contributed by atoms with Gasteiger partial charge in [0.15, 0.2) is 9.84 Å². The summed E-state index contributed by atoms with van der Waals surface area (Å²) >= 11 is 0. The Kier molecular flexibility index (Phi) is 5.94. The first-order valence-corrected chi connectivity index (χ1v) is 8.43. The molecule has 0 saturated heterocycles. The second kappa shape index (κ2) is 7.25. The number of nitrogens with two attached hydrogens (primary N) is 1. The molecule has 1 amide bonds. The van der Waals surface area contributed by atoms with Gasteiger partial charge in [0.2, 0.25) is 5.91 Å². The van der Waals surface area contributed by atoms with Gasteiger partial charge in [-0.3, -0.25) is 4.79 Å². The van der Waals surface area contributed by atoms with Crippen LogP contribution in [0, 0.1) is 11.8 Å². The lowest BCUT2D eigenvalue weighted by molar-refractivity contribution is -0.129. The number of rotatable bonds is 4. The van der Waals surface area contributed by atoms with Crippen LogP contribution in [-0.4, -0.2) is 44.3 Å². The highest BCUT2D eigenvalue weighted by Gasteiger charge is 2.26. The average Bonchev–Trinajstić information content (AvgIpc) is 2.43. The molecule has 0 aromatic heterocycles. The van der Waals surface area contributed by atoms with Crippen LogP contribution in [-0.2, 0) is 21.2 Å². The van der Waals surface area contributed by atoms with Gasteiger partial charge in [0.25, 0.3) is 0 Å². The molecule has 0 aliphatic heterocycles. The van der Waals surface area contributed by atoms with Gasteiger partial charge >= 0.3 is 0 Å². The minimum Gasteiger partial charge on any atom is -0.340 e. The van der Waals surface area contributed by atoms with Crippen molar-refractivity contribution in [2.75, 3.05) is 19.8 Å². The molecule has 1 aromatic rings. The number of sulfone groups is 1. The molecule has 1 rings (SSSR count). The number of carbonyl (C=O) groups excluding carboxylic acids is 1. The fourth-order valence-corrected chi connectivity index (χ4v) is 2.30. The zero-order chi connectivity index (χ0) is 16.0. The summed E-state index contributed by atoms with van der Waals surface area (Å²) in [4.78, 5) is 13.5. The fraction of sp³-hybridized carbons (Fsp3) is 0.400. The zero-order valence-corrected chi connectivity index (χ0v) is 13.3. The average molecular weight is 308 g/mol. The molecule has 0 heterocycles. The summed E-state index contributed by atoms with van der Waals surface area (Å²) < 4.78 is 22.9. The molecule has 21 heavy (non-hydrogen) atoms. The van der Waals surface area contributed by atoms with Crippen molar-refractivity contribution in [2.45, 2.75) is 18.7 Å². The minimum atomic E-state index is -3.40. The van der Waals surface area contributed by atoms with Crippen LogP contribution >= 0.6 is 0 Å². The molecule has 0 bridgehead atoms. The van der Waals surface area contributed by atoms with Gasteiger partial charge in [-0.15, -0.1) is 0 Å². The Balaban J connectivity index is 2.94. The molecular formula is C15H20N2O3S. The first kappa shape index (κ1) is 17.2. The molecule has 6 heteroatoms. The molecule has 0 spiro atoms. The van der Waals surface area contributed by atoms with Crippen LogP contribution in [0.2, 0.25) is 0 Å². The van der Waals surface area contributed by atoms with Crippen molar-refractivity contribution in [3.63, 3.8) is 0 Å². The maximum absolute atomic E-state index is 12.1. The Morgan fingerprint density at radius 3 is 2.57 bits per heavy atom. The van der Waals surface area contributed by atoms with E-state index in [9.17, 15) is 13.2 Å². The molecular weight excluding hydrogens is 288 g/mol. The number of carbonyl (C=O) groups is 1. The Morgan fingerprint density at radius 2 is 2.00 bits per heavy atom.